The summed E-state index contributed by atoms with van der Waals surface area (Å²) in [5.41, 5.74) is 15.5. The van der Waals surface area contributed by atoms with Crippen molar-refractivity contribution in [1.29, 1.82) is 0 Å². The summed E-state index contributed by atoms with van der Waals surface area (Å²) in [7, 11) is 0. The lowest BCUT2D eigenvalue weighted by Crippen LogP contribution is -2.04. The van der Waals surface area contributed by atoms with Gasteiger partial charge in [-0.15, -0.1) is 0 Å². The molecule has 0 fully saturated rings. The molecule has 9 rings (SSSR count). The fraction of sp³-hybridized carbons (Fsp3) is 0.0500. The third-order valence-electron chi connectivity index (χ3n) is 9.15. The Morgan fingerprint density at radius 1 is 0.475 bits per heavy atom. The Kier molecular flexibility index (Phi) is 4.54. The van der Waals surface area contributed by atoms with Gasteiger partial charge in [-0.1, -0.05) is 133 Å². The molecule has 0 aliphatic heterocycles. The van der Waals surface area contributed by atoms with Gasteiger partial charge >= 0.3 is 0 Å². The van der Waals surface area contributed by atoms with Crippen molar-refractivity contribution in [2.24, 2.45) is 0 Å². The van der Waals surface area contributed by atoms with E-state index in [1.807, 2.05) is 0 Å². The Morgan fingerprint density at radius 3 is 1.98 bits per heavy atom. The monoisotopic (exact) mass is 506 g/mol. The van der Waals surface area contributed by atoms with Crippen LogP contribution in [0.2, 0.25) is 0 Å². The van der Waals surface area contributed by atoms with E-state index in [-0.39, 0.29) is 5.92 Å². The minimum Gasteiger partial charge on any atom is -0.0622 e. The second-order valence-electron chi connectivity index (χ2n) is 11.2. The molecule has 1 atom stereocenters. The molecule has 0 heteroatoms. The van der Waals surface area contributed by atoms with E-state index < -0.39 is 0 Å². The van der Waals surface area contributed by atoms with Crippen LogP contribution in [0, 0.1) is 0 Å². The molecule has 7 aromatic carbocycles. The summed E-state index contributed by atoms with van der Waals surface area (Å²) in [5.74, 6) is 0.186. The minimum atomic E-state index is 0.186. The summed E-state index contributed by atoms with van der Waals surface area (Å²) in [5, 5.41) is 5.35. The maximum absolute atomic E-state index is 2.47. The second-order valence-corrected chi connectivity index (χ2v) is 11.2. The van der Waals surface area contributed by atoms with Crippen molar-refractivity contribution < 1.29 is 0 Å². The van der Waals surface area contributed by atoms with E-state index in [9.17, 15) is 0 Å². The van der Waals surface area contributed by atoms with Crippen molar-refractivity contribution in [2.75, 3.05) is 0 Å². The molecule has 0 radical (unpaired) electrons. The average Bonchev–Trinajstić information content (AvgIpc) is 3.58. The van der Waals surface area contributed by atoms with E-state index in [0.717, 1.165) is 6.42 Å². The molecule has 2 aliphatic carbocycles. The molecular formula is C40H26. The summed E-state index contributed by atoms with van der Waals surface area (Å²) < 4.78 is 0. The molecule has 2 aliphatic rings. The molecule has 1 unspecified atom stereocenters. The molecule has 0 bridgehead atoms. The van der Waals surface area contributed by atoms with Crippen molar-refractivity contribution >= 4 is 21.5 Å². The number of hydrogen-bond donors (Lipinski definition) is 0. The number of rotatable bonds is 2. The predicted molar refractivity (Wildman–Crippen MR) is 168 cm³/mol. The van der Waals surface area contributed by atoms with Crippen LogP contribution in [0.1, 0.15) is 33.7 Å². The summed E-state index contributed by atoms with van der Waals surface area (Å²) >= 11 is 0. The number of hydrogen-bond acceptors (Lipinski definition) is 0. The van der Waals surface area contributed by atoms with Crippen LogP contribution in [0.4, 0.5) is 0 Å². The van der Waals surface area contributed by atoms with Crippen molar-refractivity contribution in [2.45, 2.75) is 12.3 Å². The zero-order chi connectivity index (χ0) is 26.2. The zero-order valence-corrected chi connectivity index (χ0v) is 22.1. The van der Waals surface area contributed by atoms with Crippen LogP contribution in [-0.4, -0.2) is 0 Å². The summed E-state index contributed by atoms with van der Waals surface area (Å²) in [6.07, 6.45) is 0.988. The highest BCUT2D eigenvalue weighted by molar-refractivity contribution is 6.12. The van der Waals surface area contributed by atoms with E-state index in [1.54, 1.807) is 0 Å². The molecule has 0 saturated carbocycles. The predicted octanol–water partition coefficient (Wildman–Crippen LogP) is 10.4. The van der Waals surface area contributed by atoms with Gasteiger partial charge in [0.2, 0.25) is 0 Å². The van der Waals surface area contributed by atoms with E-state index in [2.05, 4.69) is 140 Å². The van der Waals surface area contributed by atoms with Gasteiger partial charge in [0.15, 0.2) is 0 Å². The lowest BCUT2D eigenvalue weighted by Gasteiger charge is -2.21. The lowest BCUT2D eigenvalue weighted by atomic mass is 9.81. The highest BCUT2D eigenvalue weighted by Gasteiger charge is 2.37. The fourth-order valence-electron chi connectivity index (χ4n) is 7.56. The van der Waals surface area contributed by atoms with Crippen LogP contribution in [0.5, 0.6) is 0 Å². The highest BCUT2D eigenvalue weighted by Crippen LogP contribution is 2.57. The Morgan fingerprint density at radius 2 is 1.12 bits per heavy atom. The molecular weight excluding hydrogens is 480 g/mol. The van der Waals surface area contributed by atoms with Gasteiger partial charge in [-0.2, -0.15) is 0 Å². The minimum absolute atomic E-state index is 0.186. The first-order valence-corrected chi connectivity index (χ1v) is 14.2. The maximum Gasteiger partial charge on any atom is 0.0356 e. The van der Waals surface area contributed by atoms with Gasteiger partial charge in [0, 0.05) is 5.92 Å². The Labute approximate surface area is 234 Å². The summed E-state index contributed by atoms with van der Waals surface area (Å²) in [6.45, 7) is 0. The van der Waals surface area contributed by atoms with Crippen LogP contribution in [0.25, 0.3) is 54.9 Å². The maximum atomic E-state index is 2.47. The first kappa shape index (κ1) is 21.9. The quantitative estimate of drug-likeness (QED) is 0.219. The van der Waals surface area contributed by atoms with Gasteiger partial charge < -0.3 is 0 Å². The van der Waals surface area contributed by atoms with Gasteiger partial charge in [0.25, 0.3) is 0 Å². The third-order valence-corrected chi connectivity index (χ3v) is 9.15. The van der Waals surface area contributed by atoms with Crippen LogP contribution in [0.3, 0.4) is 0 Å². The lowest BCUT2D eigenvalue weighted by molar-refractivity contribution is 0.995. The van der Waals surface area contributed by atoms with Crippen molar-refractivity contribution in [3.8, 4) is 33.4 Å². The first-order chi connectivity index (χ1) is 19.9. The summed E-state index contributed by atoms with van der Waals surface area (Å²) in [4.78, 5) is 0. The van der Waals surface area contributed by atoms with Gasteiger partial charge in [0.05, 0.1) is 0 Å². The normalized spacial score (nSPS) is 14.7. The molecule has 0 saturated heterocycles. The molecule has 0 aromatic heterocycles. The van der Waals surface area contributed by atoms with Crippen LogP contribution < -0.4 is 0 Å². The van der Waals surface area contributed by atoms with E-state index in [4.69, 9.17) is 0 Å². The van der Waals surface area contributed by atoms with Crippen LogP contribution in [-0.2, 0) is 6.42 Å². The van der Waals surface area contributed by atoms with Crippen molar-refractivity contribution in [1.82, 2.24) is 0 Å². The first-order valence-electron chi connectivity index (χ1n) is 14.2. The van der Waals surface area contributed by atoms with Gasteiger partial charge in [-0.3, -0.25) is 0 Å². The number of fused-ring (bicyclic) bond motifs is 11. The Hall–Kier alpha value is -4.94. The SMILES string of the molecule is c1ccc(-c2cc(C3c4ccccc4-c4c3c3c(c5ccccc45)-c4ccccc4C3)cc3ccccc23)cc1. The largest absolute Gasteiger partial charge is 0.0622 e. The topological polar surface area (TPSA) is 0 Å². The smallest absolute Gasteiger partial charge is 0.0356 e. The third kappa shape index (κ3) is 2.96. The standard InChI is InChI=1S/C40H26/c1-2-12-25(13-3-1)35-24-28(22-26-14-4-6-16-29(26)35)37-31-18-8-10-20-33(31)39-34-21-11-9-19-32(34)38-30-17-7-5-15-27(30)23-36(38)40(37)39/h1-22,24,37H,23H2. The molecule has 7 aromatic rings. The van der Waals surface area contributed by atoms with Crippen LogP contribution in [0.15, 0.2) is 140 Å². The number of benzene rings is 7. The Bertz CT molecular complexity index is 2130. The molecule has 0 spiro atoms. The van der Waals surface area contributed by atoms with E-state index in [1.165, 1.54) is 82.7 Å². The Balaban J connectivity index is 1.41. The van der Waals surface area contributed by atoms with E-state index >= 15 is 0 Å². The molecule has 0 N–H and O–H groups in total. The van der Waals surface area contributed by atoms with Crippen molar-refractivity contribution in [3.05, 3.63) is 167 Å². The molecule has 0 heterocycles. The van der Waals surface area contributed by atoms with Crippen molar-refractivity contribution in [3.63, 3.8) is 0 Å². The molecule has 0 nitrogen and oxygen atoms in total. The van der Waals surface area contributed by atoms with E-state index in [0.29, 0.717) is 0 Å². The summed E-state index contributed by atoms with van der Waals surface area (Å²) in [6, 6.07) is 51.9. The molecule has 186 valence electrons. The fourth-order valence-corrected chi connectivity index (χ4v) is 7.56. The average molecular weight is 507 g/mol. The molecule has 0 amide bonds. The van der Waals surface area contributed by atoms with Gasteiger partial charge in [-0.25, -0.2) is 0 Å². The van der Waals surface area contributed by atoms with Gasteiger partial charge in [-0.05, 0) is 95.2 Å². The molecule has 40 heavy (non-hydrogen) atoms. The zero-order valence-electron chi connectivity index (χ0n) is 22.1. The second kappa shape index (κ2) is 8.28. The highest BCUT2D eigenvalue weighted by atomic mass is 14.4. The van der Waals surface area contributed by atoms with Crippen LogP contribution >= 0.6 is 0 Å². The van der Waals surface area contributed by atoms with Gasteiger partial charge in [0.1, 0.15) is 0 Å².